The molecule has 158 valence electrons. The van der Waals surface area contributed by atoms with E-state index in [1.54, 1.807) is 24.3 Å². The van der Waals surface area contributed by atoms with Crippen molar-refractivity contribution < 1.29 is 28.6 Å². The number of carbonyl (C=O) groups is 3. The van der Waals surface area contributed by atoms with Crippen LogP contribution in [0.1, 0.15) is 54.0 Å². The standard InChI is InChI=1S/C23H25NO6/c1-14(21(26)15-5-8-17(9-6-15)23(2,3)4)30-20(25)12-24-22(27)16-7-10-18-19(11-16)29-13-28-18/h5-11,14H,12-13H2,1-4H3,(H,24,27)/t14-/m1/s1. The fourth-order valence-electron chi connectivity index (χ4n) is 2.95. The summed E-state index contributed by atoms with van der Waals surface area (Å²) in [4.78, 5) is 36.8. The minimum atomic E-state index is -0.958. The Balaban J connectivity index is 1.51. The third-order valence-electron chi connectivity index (χ3n) is 4.74. The molecule has 0 aliphatic carbocycles. The van der Waals surface area contributed by atoms with Crippen LogP contribution in [0.4, 0.5) is 0 Å². The maximum atomic E-state index is 12.5. The molecule has 0 unspecified atom stereocenters. The van der Waals surface area contributed by atoms with Gasteiger partial charge in [-0.15, -0.1) is 0 Å². The lowest BCUT2D eigenvalue weighted by Crippen LogP contribution is -2.34. The number of fused-ring (bicyclic) bond motifs is 1. The Morgan fingerprint density at radius 1 is 1.00 bits per heavy atom. The van der Waals surface area contributed by atoms with E-state index in [-0.39, 0.29) is 24.5 Å². The van der Waals surface area contributed by atoms with Crippen LogP contribution in [-0.2, 0) is 14.9 Å². The van der Waals surface area contributed by atoms with Crippen molar-refractivity contribution in [2.75, 3.05) is 13.3 Å². The summed E-state index contributed by atoms with van der Waals surface area (Å²) in [6, 6.07) is 12.0. The molecule has 1 atom stereocenters. The van der Waals surface area contributed by atoms with Crippen LogP contribution < -0.4 is 14.8 Å². The van der Waals surface area contributed by atoms with Gasteiger partial charge in [0.2, 0.25) is 12.6 Å². The van der Waals surface area contributed by atoms with Gasteiger partial charge in [-0.1, -0.05) is 45.0 Å². The number of nitrogens with one attached hydrogen (secondary N) is 1. The van der Waals surface area contributed by atoms with Crippen LogP contribution in [0.25, 0.3) is 0 Å². The van der Waals surface area contributed by atoms with Gasteiger partial charge in [0.1, 0.15) is 6.54 Å². The lowest BCUT2D eigenvalue weighted by Gasteiger charge is -2.19. The molecule has 0 aromatic heterocycles. The third kappa shape index (κ3) is 4.97. The van der Waals surface area contributed by atoms with Crippen LogP contribution in [0.5, 0.6) is 11.5 Å². The largest absolute Gasteiger partial charge is 0.454 e. The van der Waals surface area contributed by atoms with Crippen LogP contribution >= 0.6 is 0 Å². The molecular formula is C23H25NO6. The zero-order valence-electron chi connectivity index (χ0n) is 17.5. The van der Waals surface area contributed by atoms with Crippen molar-refractivity contribution in [1.82, 2.24) is 5.32 Å². The molecule has 1 aliphatic rings. The van der Waals surface area contributed by atoms with Crippen molar-refractivity contribution in [2.24, 2.45) is 0 Å². The van der Waals surface area contributed by atoms with Gasteiger partial charge in [0.25, 0.3) is 5.91 Å². The number of esters is 1. The number of ketones is 1. The summed E-state index contributed by atoms with van der Waals surface area (Å²) in [6.45, 7) is 7.54. The Hall–Kier alpha value is -3.35. The minimum absolute atomic E-state index is 0.0180. The lowest BCUT2D eigenvalue weighted by molar-refractivity contribution is -0.145. The number of Topliss-reactive ketones (excluding diaryl/α,β-unsaturated/α-hetero) is 1. The highest BCUT2D eigenvalue weighted by Gasteiger charge is 2.22. The van der Waals surface area contributed by atoms with E-state index >= 15 is 0 Å². The zero-order valence-corrected chi connectivity index (χ0v) is 17.5. The molecule has 0 saturated heterocycles. The highest BCUT2D eigenvalue weighted by atomic mass is 16.7. The van der Waals surface area contributed by atoms with Crippen molar-refractivity contribution in [3.05, 3.63) is 59.2 Å². The average Bonchev–Trinajstić information content (AvgIpc) is 3.18. The van der Waals surface area contributed by atoms with Gasteiger partial charge in [0.15, 0.2) is 17.6 Å². The summed E-state index contributed by atoms with van der Waals surface area (Å²) >= 11 is 0. The van der Waals surface area contributed by atoms with Crippen molar-refractivity contribution in [3.8, 4) is 11.5 Å². The van der Waals surface area contributed by atoms with E-state index < -0.39 is 18.0 Å². The second-order valence-electron chi connectivity index (χ2n) is 8.07. The molecule has 1 aliphatic heterocycles. The molecule has 7 heteroatoms. The number of benzene rings is 2. The molecule has 0 spiro atoms. The fraction of sp³-hybridized carbons (Fsp3) is 0.348. The fourth-order valence-corrected chi connectivity index (χ4v) is 2.95. The summed E-state index contributed by atoms with van der Waals surface area (Å²) in [5.41, 5.74) is 1.88. The zero-order chi connectivity index (χ0) is 21.9. The monoisotopic (exact) mass is 411 g/mol. The van der Waals surface area contributed by atoms with Gasteiger partial charge in [-0.3, -0.25) is 14.4 Å². The van der Waals surface area contributed by atoms with Crippen molar-refractivity contribution in [3.63, 3.8) is 0 Å². The second-order valence-corrected chi connectivity index (χ2v) is 8.07. The molecule has 0 bridgehead atoms. The van der Waals surface area contributed by atoms with E-state index in [1.165, 1.54) is 13.0 Å². The number of hydrogen-bond acceptors (Lipinski definition) is 6. The Morgan fingerprint density at radius 2 is 1.63 bits per heavy atom. The molecule has 7 nitrogen and oxygen atoms in total. The first-order chi connectivity index (χ1) is 14.1. The smallest absolute Gasteiger partial charge is 0.326 e. The van der Waals surface area contributed by atoms with E-state index in [9.17, 15) is 14.4 Å². The van der Waals surface area contributed by atoms with Crippen LogP contribution in [0, 0.1) is 0 Å². The Labute approximate surface area is 175 Å². The predicted molar refractivity (Wildman–Crippen MR) is 110 cm³/mol. The number of amides is 1. The molecule has 1 amide bonds. The van der Waals surface area contributed by atoms with Crippen molar-refractivity contribution in [2.45, 2.75) is 39.2 Å². The van der Waals surface area contributed by atoms with Gasteiger partial charge in [-0.05, 0) is 36.1 Å². The van der Waals surface area contributed by atoms with Gasteiger partial charge in [0.05, 0.1) is 0 Å². The maximum Gasteiger partial charge on any atom is 0.326 e. The molecule has 2 aromatic rings. The highest BCUT2D eigenvalue weighted by molar-refractivity contribution is 6.00. The van der Waals surface area contributed by atoms with Crippen LogP contribution in [0.2, 0.25) is 0 Å². The van der Waals surface area contributed by atoms with Gasteiger partial charge in [-0.25, -0.2) is 0 Å². The number of hydrogen-bond donors (Lipinski definition) is 1. The lowest BCUT2D eigenvalue weighted by atomic mass is 9.86. The van der Waals surface area contributed by atoms with Gasteiger partial charge in [-0.2, -0.15) is 0 Å². The van der Waals surface area contributed by atoms with E-state index in [1.807, 2.05) is 12.1 Å². The normalized spacial score (nSPS) is 13.5. The van der Waals surface area contributed by atoms with Crippen molar-refractivity contribution >= 4 is 17.7 Å². The van der Waals surface area contributed by atoms with E-state index in [0.29, 0.717) is 22.6 Å². The number of carbonyl (C=O) groups excluding carboxylic acids is 3. The maximum absolute atomic E-state index is 12.5. The van der Waals surface area contributed by atoms with Crippen LogP contribution in [0.3, 0.4) is 0 Å². The summed E-state index contributed by atoms with van der Waals surface area (Å²) in [7, 11) is 0. The molecule has 1 N–H and O–H groups in total. The Morgan fingerprint density at radius 3 is 2.30 bits per heavy atom. The first kappa shape index (κ1) is 21.4. The molecule has 0 radical (unpaired) electrons. The third-order valence-corrected chi connectivity index (χ3v) is 4.74. The first-order valence-electron chi connectivity index (χ1n) is 9.67. The van der Waals surface area contributed by atoms with Crippen LogP contribution in [-0.4, -0.2) is 37.1 Å². The van der Waals surface area contributed by atoms with Crippen LogP contribution in [0.15, 0.2) is 42.5 Å². The summed E-state index contributed by atoms with van der Waals surface area (Å²) in [6.07, 6.45) is -0.958. The Bertz CT molecular complexity index is 959. The van der Waals surface area contributed by atoms with E-state index in [4.69, 9.17) is 14.2 Å². The molecular weight excluding hydrogens is 386 g/mol. The van der Waals surface area contributed by atoms with E-state index in [2.05, 4.69) is 26.1 Å². The SMILES string of the molecule is C[C@@H](OC(=O)CNC(=O)c1ccc2c(c1)OCO2)C(=O)c1ccc(C(C)(C)C)cc1. The molecule has 30 heavy (non-hydrogen) atoms. The number of ether oxygens (including phenoxy) is 3. The molecule has 1 heterocycles. The quantitative estimate of drug-likeness (QED) is 0.580. The van der Waals surface area contributed by atoms with Gasteiger partial charge < -0.3 is 19.5 Å². The molecule has 0 fully saturated rings. The average molecular weight is 411 g/mol. The molecule has 3 rings (SSSR count). The molecule has 2 aromatic carbocycles. The number of rotatable bonds is 6. The van der Waals surface area contributed by atoms with Crippen molar-refractivity contribution in [1.29, 1.82) is 0 Å². The summed E-state index contributed by atoms with van der Waals surface area (Å²) in [5, 5.41) is 2.48. The predicted octanol–water partition coefficient (Wildman–Crippen LogP) is 3.26. The summed E-state index contributed by atoms with van der Waals surface area (Å²) in [5.74, 6) is -0.417. The Kier molecular flexibility index (Phi) is 6.10. The van der Waals surface area contributed by atoms with E-state index in [0.717, 1.165) is 5.56 Å². The van der Waals surface area contributed by atoms with Gasteiger partial charge >= 0.3 is 5.97 Å². The molecule has 0 saturated carbocycles. The first-order valence-corrected chi connectivity index (χ1v) is 9.67. The second kappa shape index (κ2) is 8.57. The minimum Gasteiger partial charge on any atom is -0.454 e. The highest BCUT2D eigenvalue weighted by Crippen LogP contribution is 2.32. The summed E-state index contributed by atoms with van der Waals surface area (Å²) < 4.78 is 15.6. The van der Waals surface area contributed by atoms with Gasteiger partial charge in [0, 0.05) is 11.1 Å². The topological polar surface area (TPSA) is 90.9 Å².